The first kappa shape index (κ1) is 13.1. The molecule has 0 aliphatic heterocycles. The van der Waals surface area contributed by atoms with Crippen LogP contribution in [0.15, 0.2) is 41.0 Å². The minimum absolute atomic E-state index is 0.469. The van der Waals surface area contributed by atoms with Crippen molar-refractivity contribution in [1.29, 1.82) is 0 Å². The Morgan fingerprint density at radius 3 is 2.94 bits per heavy atom. The minimum Gasteiger partial charge on any atom is -0.467 e. The Bertz CT molecular complexity index is 496. The molecule has 1 aromatic carbocycles. The van der Waals surface area contributed by atoms with Gasteiger partial charge in [-0.3, -0.25) is 0 Å². The third-order valence-electron chi connectivity index (χ3n) is 2.60. The van der Waals surface area contributed by atoms with Crippen LogP contribution in [0, 0.1) is 0 Å². The van der Waals surface area contributed by atoms with Gasteiger partial charge in [-0.05, 0) is 30.8 Å². The van der Waals surface area contributed by atoms with E-state index >= 15 is 0 Å². The third kappa shape index (κ3) is 3.60. The van der Waals surface area contributed by atoms with Gasteiger partial charge in [0.1, 0.15) is 12.4 Å². The Morgan fingerprint density at radius 1 is 1.28 bits per heavy atom. The summed E-state index contributed by atoms with van der Waals surface area (Å²) in [6.45, 7) is 1.78. The molecule has 0 atom stereocenters. The van der Waals surface area contributed by atoms with Gasteiger partial charge in [0.25, 0.3) is 0 Å². The normalized spacial score (nSPS) is 10.8. The van der Waals surface area contributed by atoms with Crippen LogP contribution in [0.25, 0.3) is 0 Å². The van der Waals surface area contributed by atoms with Crippen LogP contribution < -0.4 is 5.32 Å². The molecular formula is C14H16ClNO2. The highest BCUT2D eigenvalue weighted by Crippen LogP contribution is 2.15. The molecule has 2 rings (SSSR count). The van der Waals surface area contributed by atoms with Crippen molar-refractivity contribution in [1.82, 2.24) is 5.32 Å². The molecule has 0 spiro atoms. The van der Waals surface area contributed by atoms with E-state index in [0.29, 0.717) is 13.2 Å². The lowest BCUT2D eigenvalue weighted by Gasteiger charge is -2.05. The molecule has 0 unspecified atom stereocenters. The molecule has 18 heavy (non-hydrogen) atoms. The smallest absolute Gasteiger partial charge is 0.133 e. The number of ether oxygens (including phenoxy) is 1. The standard InChI is InChI=1S/C14H16ClNO2/c1-16-8-12-5-6-18-14(12)10-17-9-11-3-2-4-13(15)7-11/h2-7,16H,8-10H2,1H3. The highest BCUT2D eigenvalue weighted by molar-refractivity contribution is 6.30. The largest absolute Gasteiger partial charge is 0.467 e. The van der Waals surface area contributed by atoms with Crippen molar-refractivity contribution in [3.63, 3.8) is 0 Å². The van der Waals surface area contributed by atoms with Gasteiger partial charge in [0.2, 0.25) is 0 Å². The molecule has 0 aliphatic rings. The summed E-state index contributed by atoms with van der Waals surface area (Å²) in [6.07, 6.45) is 1.69. The van der Waals surface area contributed by atoms with E-state index in [1.807, 2.05) is 37.4 Å². The lowest BCUT2D eigenvalue weighted by molar-refractivity contribution is 0.0921. The summed E-state index contributed by atoms with van der Waals surface area (Å²) < 4.78 is 11.0. The van der Waals surface area contributed by atoms with Crippen LogP contribution in [0.1, 0.15) is 16.9 Å². The number of rotatable bonds is 6. The van der Waals surface area contributed by atoms with Gasteiger partial charge in [0.05, 0.1) is 12.9 Å². The van der Waals surface area contributed by atoms with Crippen LogP contribution in [0.5, 0.6) is 0 Å². The van der Waals surface area contributed by atoms with Gasteiger partial charge in [0.15, 0.2) is 0 Å². The first-order valence-corrected chi connectivity index (χ1v) is 6.19. The molecule has 1 heterocycles. The first-order chi connectivity index (χ1) is 8.79. The summed E-state index contributed by atoms with van der Waals surface area (Å²) in [4.78, 5) is 0. The number of hydrogen-bond donors (Lipinski definition) is 1. The molecule has 0 aliphatic carbocycles. The van der Waals surface area contributed by atoms with Crippen LogP contribution in [-0.2, 0) is 24.5 Å². The van der Waals surface area contributed by atoms with Crippen molar-refractivity contribution in [2.24, 2.45) is 0 Å². The second-order valence-electron chi connectivity index (χ2n) is 4.02. The molecule has 0 saturated heterocycles. The molecule has 3 nitrogen and oxygen atoms in total. The minimum atomic E-state index is 0.469. The molecule has 1 aromatic heterocycles. The van der Waals surface area contributed by atoms with Crippen LogP contribution in [0.3, 0.4) is 0 Å². The molecule has 0 fully saturated rings. The summed E-state index contributed by atoms with van der Waals surface area (Å²) in [7, 11) is 1.91. The van der Waals surface area contributed by atoms with E-state index in [9.17, 15) is 0 Å². The highest BCUT2D eigenvalue weighted by atomic mass is 35.5. The lowest BCUT2D eigenvalue weighted by Crippen LogP contribution is -2.06. The fraction of sp³-hybridized carbons (Fsp3) is 0.286. The Morgan fingerprint density at radius 2 is 2.17 bits per heavy atom. The second-order valence-corrected chi connectivity index (χ2v) is 4.46. The van der Waals surface area contributed by atoms with Crippen molar-refractivity contribution in [3.8, 4) is 0 Å². The fourth-order valence-corrected chi connectivity index (χ4v) is 1.94. The topological polar surface area (TPSA) is 34.4 Å². The highest BCUT2D eigenvalue weighted by Gasteiger charge is 2.05. The summed E-state index contributed by atoms with van der Waals surface area (Å²) in [6, 6.07) is 9.61. The molecule has 4 heteroatoms. The number of halogens is 1. The maximum Gasteiger partial charge on any atom is 0.133 e. The van der Waals surface area contributed by atoms with Gasteiger partial charge in [-0.2, -0.15) is 0 Å². The summed E-state index contributed by atoms with van der Waals surface area (Å²) in [5.74, 6) is 0.867. The zero-order valence-electron chi connectivity index (χ0n) is 10.3. The maximum atomic E-state index is 5.91. The van der Waals surface area contributed by atoms with Crippen LogP contribution in [0.4, 0.5) is 0 Å². The number of furan rings is 1. The third-order valence-corrected chi connectivity index (χ3v) is 2.83. The zero-order valence-corrected chi connectivity index (χ0v) is 11.0. The van der Waals surface area contributed by atoms with Crippen molar-refractivity contribution >= 4 is 11.6 Å². The molecule has 1 N–H and O–H groups in total. The van der Waals surface area contributed by atoms with Crippen molar-refractivity contribution in [3.05, 3.63) is 58.5 Å². The van der Waals surface area contributed by atoms with Crippen LogP contribution in [0.2, 0.25) is 5.02 Å². The Balaban J connectivity index is 1.86. The summed E-state index contributed by atoms with van der Waals surface area (Å²) in [5, 5.41) is 3.82. The van der Waals surface area contributed by atoms with Crippen molar-refractivity contribution in [2.45, 2.75) is 19.8 Å². The average molecular weight is 266 g/mol. The number of benzene rings is 1. The van der Waals surface area contributed by atoms with Gasteiger partial charge in [-0.1, -0.05) is 23.7 Å². The molecule has 0 bridgehead atoms. The van der Waals surface area contributed by atoms with Crippen LogP contribution >= 0.6 is 11.6 Å². The molecular weight excluding hydrogens is 250 g/mol. The summed E-state index contributed by atoms with van der Waals surface area (Å²) in [5.41, 5.74) is 2.19. The van der Waals surface area contributed by atoms with Gasteiger partial charge in [-0.25, -0.2) is 0 Å². The predicted octanol–water partition coefficient (Wildman–Crippen LogP) is 3.37. The predicted molar refractivity (Wildman–Crippen MR) is 71.4 cm³/mol. The summed E-state index contributed by atoms with van der Waals surface area (Å²) >= 11 is 5.91. The molecule has 2 aromatic rings. The molecule has 96 valence electrons. The number of hydrogen-bond acceptors (Lipinski definition) is 3. The van der Waals surface area contributed by atoms with E-state index in [1.54, 1.807) is 6.26 Å². The monoisotopic (exact) mass is 265 g/mol. The average Bonchev–Trinajstić information content (AvgIpc) is 2.78. The van der Waals surface area contributed by atoms with E-state index in [4.69, 9.17) is 20.8 Å². The molecule has 0 saturated carbocycles. The number of nitrogens with one attached hydrogen (secondary N) is 1. The SMILES string of the molecule is CNCc1ccoc1COCc1cccc(Cl)c1. The van der Waals surface area contributed by atoms with E-state index in [0.717, 1.165) is 28.5 Å². The lowest BCUT2D eigenvalue weighted by atomic mass is 10.2. The second kappa shape index (κ2) is 6.59. The maximum absolute atomic E-state index is 5.91. The van der Waals surface area contributed by atoms with E-state index in [-0.39, 0.29) is 0 Å². The van der Waals surface area contributed by atoms with Gasteiger partial charge >= 0.3 is 0 Å². The van der Waals surface area contributed by atoms with E-state index in [2.05, 4.69) is 5.32 Å². The zero-order chi connectivity index (χ0) is 12.8. The molecule has 0 radical (unpaired) electrons. The Labute approximate surface area is 112 Å². The van der Waals surface area contributed by atoms with Gasteiger partial charge < -0.3 is 14.5 Å². The van der Waals surface area contributed by atoms with E-state index in [1.165, 1.54) is 0 Å². The first-order valence-electron chi connectivity index (χ1n) is 5.81. The van der Waals surface area contributed by atoms with Crippen molar-refractivity contribution < 1.29 is 9.15 Å². The van der Waals surface area contributed by atoms with Gasteiger partial charge in [0, 0.05) is 17.1 Å². The molecule has 0 amide bonds. The van der Waals surface area contributed by atoms with Crippen molar-refractivity contribution in [2.75, 3.05) is 7.05 Å². The van der Waals surface area contributed by atoms with Crippen LogP contribution in [-0.4, -0.2) is 7.05 Å². The Hall–Kier alpha value is -1.29. The fourth-order valence-electron chi connectivity index (χ4n) is 1.73. The quantitative estimate of drug-likeness (QED) is 0.870. The van der Waals surface area contributed by atoms with Gasteiger partial charge in [-0.15, -0.1) is 0 Å². The van der Waals surface area contributed by atoms with E-state index < -0.39 is 0 Å². The Kier molecular flexibility index (Phi) is 4.81.